The Morgan fingerprint density at radius 1 is 0.925 bits per heavy atom. The molecule has 0 spiro atoms. The van der Waals surface area contributed by atoms with Crippen LogP contribution in [0.5, 0.6) is 5.75 Å². The molecule has 206 valence electrons. The van der Waals surface area contributed by atoms with E-state index in [9.17, 15) is 15.0 Å². The third-order valence-electron chi connectivity index (χ3n) is 7.17. The number of rotatable bonds is 12. The van der Waals surface area contributed by atoms with Crippen molar-refractivity contribution >= 4 is 27.8 Å². The number of aromatic nitrogens is 2. The van der Waals surface area contributed by atoms with Crippen molar-refractivity contribution in [2.75, 3.05) is 20.7 Å². The Labute approximate surface area is 233 Å². The van der Waals surface area contributed by atoms with Crippen LogP contribution in [0.15, 0.2) is 85.1 Å². The van der Waals surface area contributed by atoms with Crippen LogP contribution in [0.2, 0.25) is 0 Å². The second-order valence-electron chi connectivity index (χ2n) is 9.82. The minimum absolute atomic E-state index is 0.0632. The Bertz CT molecular complexity index is 1600. The van der Waals surface area contributed by atoms with Gasteiger partial charge in [-0.1, -0.05) is 66.7 Å². The van der Waals surface area contributed by atoms with Crippen LogP contribution in [-0.4, -0.2) is 57.6 Å². The van der Waals surface area contributed by atoms with Crippen molar-refractivity contribution in [2.45, 2.75) is 32.4 Å². The summed E-state index contributed by atoms with van der Waals surface area (Å²) in [6, 6.07) is 25.8. The number of carboxylic acid groups (broad SMARTS) is 1. The van der Waals surface area contributed by atoms with Crippen molar-refractivity contribution in [2.24, 2.45) is 0 Å². The molecule has 3 aromatic carbocycles. The topological polar surface area (TPSA) is 97.1 Å². The Hall–Kier alpha value is -4.24. The van der Waals surface area contributed by atoms with Crippen LogP contribution in [0, 0.1) is 0 Å². The summed E-state index contributed by atoms with van der Waals surface area (Å²) in [7, 11) is 3.43. The molecule has 8 heteroatoms. The maximum atomic E-state index is 12.1. The van der Waals surface area contributed by atoms with E-state index in [1.807, 2.05) is 83.2 Å². The lowest BCUT2D eigenvalue weighted by atomic mass is 10.1. The lowest BCUT2D eigenvalue weighted by molar-refractivity contribution is 0.0113. The number of likely N-dealkylation sites (N-methyl/N-ethyl adjacent to an activating group) is 1. The SMILES string of the molecule is COCc1c(C(=O)O)ncc2c1c1c(OCc3ccccc3)cccc1n2CC(O)N(C)CCc1ccccc1. The molecule has 0 aliphatic carbocycles. The number of pyridine rings is 1. The average molecular weight is 540 g/mol. The maximum absolute atomic E-state index is 12.1. The standard InChI is InChI=1S/C32H33N3O5/c1-34(17-16-22-10-5-3-6-11-22)28(36)19-35-25-14-9-15-27(40-20-23-12-7-4-8-13-23)30(25)29-24(21-39-2)31(32(37)38)33-18-26(29)35/h3-15,18,28,36H,16-17,19-21H2,1-2H3,(H,37,38). The molecule has 0 fully saturated rings. The van der Waals surface area contributed by atoms with E-state index in [4.69, 9.17) is 9.47 Å². The quantitative estimate of drug-likeness (QED) is 0.213. The van der Waals surface area contributed by atoms with Gasteiger partial charge in [0, 0.05) is 24.6 Å². The number of benzene rings is 3. The molecular formula is C32H33N3O5. The predicted molar refractivity (Wildman–Crippen MR) is 154 cm³/mol. The fourth-order valence-electron chi connectivity index (χ4n) is 5.07. The molecule has 0 amide bonds. The Kier molecular flexibility index (Phi) is 8.40. The highest BCUT2D eigenvalue weighted by Crippen LogP contribution is 2.39. The van der Waals surface area contributed by atoms with Crippen LogP contribution in [0.25, 0.3) is 21.8 Å². The first-order chi connectivity index (χ1) is 19.5. The smallest absolute Gasteiger partial charge is 0.354 e. The molecule has 0 saturated heterocycles. The van der Waals surface area contributed by atoms with Crippen molar-refractivity contribution in [1.29, 1.82) is 0 Å². The van der Waals surface area contributed by atoms with E-state index in [0.717, 1.165) is 22.9 Å². The van der Waals surface area contributed by atoms with Gasteiger partial charge in [0.1, 0.15) is 18.6 Å². The van der Waals surface area contributed by atoms with Crippen molar-refractivity contribution in [3.63, 3.8) is 0 Å². The normalized spacial score (nSPS) is 12.3. The fraction of sp³-hybridized carbons (Fsp3) is 0.250. The van der Waals surface area contributed by atoms with E-state index in [0.29, 0.717) is 35.4 Å². The number of hydrogen-bond acceptors (Lipinski definition) is 6. The Morgan fingerprint density at radius 2 is 1.62 bits per heavy atom. The highest BCUT2D eigenvalue weighted by Gasteiger charge is 2.25. The largest absolute Gasteiger partial charge is 0.488 e. The van der Waals surface area contributed by atoms with Crippen molar-refractivity contribution in [3.8, 4) is 5.75 Å². The minimum atomic E-state index is -1.13. The summed E-state index contributed by atoms with van der Waals surface area (Å²) in [5.74, 6) is -0.505. The van der Waals surface area contributed by atoms with Crippen LogP contribution in [0.4, 0.5) is 0 Å². The van der Waals surface area contributed by atoms with Gasteiger partial charge in [0.15, 0.2) is 5.69 Å². The van der Waals surface area contributed by atoms with Crippen LogP contribution in [0.1, 0.15) is 27.2 Å². The van der Waals surface area contributed by atoms with E-state index in [1.165, 1.54) is 12.7 Å². The maximum Gasteiger partial charge on any atom is 0.354 e. The zero-order valence-electron chi connectivity index (χ0n) is 22.7. The molecule has 0 saturated carbocycles. The number of ether oxygens (including phenoxy) is 2. The van der Waals surface area contributed by atoms with Gasteiger partial charge in [-0.25, -0.2) is 9.78 Å². The Balaban J connectivity index is 1.57. The van der Waals surface area contributed by atoms with Gasteiger partial charge >= 0.3 is 5.97 Å². The van der Waals surface area contributed by atoms with Crippen LogP contribution < -0.4 is 4.74 Å². The molecule has 0 aliphatic rings. The van der Waals surface area contributed by atoms with E-state index in [-0.39, 0.29) is 18.8 Å². The van der Waals surface area contributed by atoms with Gasteiger partial charge in [0.25, 0.3) is 0 Å². The van der Waals surface area contributed by atoms with E-state index in [2.05, 4.69) is 17.1 Å². The molecule has 1 atom stereocenters. The first kappa shape index (κ1) is 27.3. The number of carboxylic acids is 1. The number of aromatic carboxylic acids is 1. The number of carbonyl (C=O) groups is 1. The second kappa shape index (κ2) is 12.3. The summed E-state index contributed by atoms with van der Waals surface area (Å²) in [6.45, 7) is 1.35. The molecule has 5 rings (SSSR count). The molecule has 2 heterocycles. The number of aliphatic hydroxyl groups is 1. The first-order valence-corrected chi connectivity index (χ1v) is 13.2. The summed E-state index contributed by atoms with van der Waals surface area (Å²) < 4.78 is 13.7. The first-order valence-electron chi connectivity index (χ1n) is 13.2. The molecule has 2 aromatic heterocycles. The van der Waals surface area contributed by atoms with E-state index >= 15 is 0 Å². The van der Waals surface area contributed by atoms with Crippen LogP contribution in [-0.2, 0) is 30.9 Å². The lowest BCUT2D eigenvalue weighted by Gasteiger charge is -2.24. The Morgan fingerprint density at radius 3 is 2.30 bits per heavy atom. The third kappa shape index (κ3) is 5.70. The van der Waals surface area contributed by atoms with Crippen LogP contribution in [0.3, 0.4) is 0 Å². The van der Waals surface area contributed by atoms with Crippen molar-refractivity contribution < 1.29 is 24.5 Å². The summed E-state index contributed by atoms with van der Waals surface area (Å²) in [6.07, 6.45) is 1.58. The van der Waals surface area contributed by atoms with Gasteiger partial charge < -0.3 is 24.3 Å². The average Bonchev–Trinajstić information content (AvgIpc) is 3.30. The number of aliphatic hydroxyl groups excluding tert-OH is 1. The highest BCUT2D eigenvalue weighted by atomic mass is 16.5. The molecular weight excluding hydrogens is 506 g/mol. The summed E-state index contributed by atoms with van der Waals surface area (Å²) in [4.78, 5) is 18.3. The molecule has 0 aliphatic heterocycles. The number of nitrogens with zero attached hydrogens (tertiary/aromatic N) is 3. The number of methoxy groups -OCH3 is 1. The summed E-state index contributed by atoms with van der Waals surface area (Å²) >= 11 is 0. The van der Waals surface area contributed by atoms with Gasteiger partial charge in [-0.2, -0.15) is 0 Å². The zero-order chi connectivity index (χ0) is 28.1. The number of fused-ring (bicyclic) bond motifs is 3. The lowest BCUT2D eigenvalue weighted by Crippen LogP contribution is -2.36. The van der Waals surface area contributed by atoms with E-state index in [1.54, 1.807) is 6.20 Å². The molecule has 0 bridgehead atoms. The molecule has 1 unspecified atom stereocenters. The molecule has 8 nitrogen and oxygen atoms in total. The molecule has 40 heavy (non-hydrogen) atoms. The minimum Gasteiger partial charge on any atom is -0.488 e. The van der Waals surface area contributed by atoms with Gasteiger partial charge in [-0.05, 0) is 36.7 Å². The van der Waals surface area contributed by atoms with Crippen molar-refractivity contribution in [3.05, 3.63) is 107 Å². The van der Waals surface area contributed by atoms with Gasteiger partial charge in [0.2, 0.25) is 0 Å². The van der Waals surface area contributed by atoms with Gasteiger partial charge in [-0.15, -0.1) is 0 Å². The summed E-state index contributed by atoms with van der Waals surface area (Å²) in [5.41, 5.74) is 4.15. The van der Waals surface area contributed by atoms with Crippen LogP contribution >= 0.6 is 0 Å². The second-order valence-corrected chi connectivity index (χ2v) is 9.82. The predicted octanol–water partition coefficient (Wildman–Crippen LogP) is 5.11. The molecule has 5 aromatic rings. The molecule has 2 N–H and O–H groups in total. The van der Waals surface area contributed by atoms with E-state index < -0.39 is 12.2 Å². The zero-order valence-corrected chi connectivity index (χ0v) is 22.7. The number of hydrogen-bond donors (Lipinski definition) is 2. The fourth-order valence-corrected chi connectivity index (χ4v) is 5.07. The van der Waals surface area contributed by atoms with Gasteiger partial charge in [-0.3, -0.25) is 4.90 Å². The monoisotopic (exact) mass is 539 g/mol. The molecule has 0 radical (unpaired) electrons. The highest BCUT2D eigenvalue weighted by molar-refractivity contribution is 6.14. The third-order valence-corrected chi connectivity index (χ3v) is 7.17. The van der Waals surface area contributed by atoms with Crippen molar-refractivity contribution in [1.82, 2.24) is 14.5 Å². The summed E-state index contributed by atoms with van der Waals surface area (Å²) in [5, 5.41) is 22.6. The van der Waals surface area contributed by atoms with Gasteiger partial charge in [0.05, 0.1) is 35.8 Å².